The number of hydrogen-bond donors (Lipinski definition) is 3. The molecule has 9 rings (SSSR count). The van der Waals surface area contributed by atoms with Crippen molar-refractivity contribution in [3.05, 3.63) is 70.6 Å². The number of nitrogens with one attached hydrogen (secondary N) is 1. The number of H-pyrrole nitrogens is 1. The zero-order valence-electron chi connectivity index (χ0n) is 37.1. The number of aryl methyl sites for hydroxylation is 1. The fraction of sp³-hybridized carbons (Fsp3) is 0.625. The summed E-state index contributed by atoms with van der Waals surface area (Å²) in [4.78, 5) is 66.6. The number of rotatable bonds is 9. The van der Waals surface area contributed by atoms with Crippen molar-refractivity contribution in [3.8, 4) is 0 Å². The molecule has 6 heterocycles. The van der Waals surface area contributed by atoms with Crippen molar-refractivity contribution in [1.82, 2.24) is 19.7 Å². The van der Waals surface area contributed by atoms with Gasteiger partial charge in [0.05, 0.1) is 32.0 Å². The first-order valence-electron chi connectivity index (χ1n) is 22.5. The number of nitrogens with zero attached hydrogens (tertiary/aromatic N) is 3. The minimum Gasteiger partial charge on any atom is -0.468 e. The van der Waals surface area contributed by atoms with E-state index in [2.05, 4.69) is 46.0 Å². The molecule has 7 aliphatic rings. The van der Waals surface area contributed by atoms with Crippen LogP contribution in [0.15, 0.2) is 53.8 Å². The molecule has 1 aromatic heterocycles. The maximum atomic E-state index is 15.5. The number of likely N-dealkylation sites (tertiary alicyclic amines) is 1. The largest absolute Gasteiger partial charge is 0.468 e. The van der Waals surface area contributed by atoms with Gasteiger partial charge in [-0.05, 0) is 92.3 Å². The summed E-state index contributed by atoms with van der Waals surface area (Å²) in [6.07, 6.45) is 10.1. The van der Waals surface area contributed by atoms with Gasteiger partial charge in [0.1, 0.15) is 5.41 Å². The van der Waals surface area contributed by atoms with Crippen molar-refractivity contribution < 1.29 is 48.3 Å². The van der Waals surface area contributed by atoms with E-state index in [4.69, 9.17) is 18.9 Å². The van der Waals surface area contributed by atoms with Crippen LogP contribution in [0.2, 0.25) is 0 Å². The highest BCUT2D eigenvalue weighted by atomic mass is 16.6. The summed E-state index contributed by atoms with van der Waals surface area (Å²) < 4.78 is 24.0. The lowest BCUT2D eigenvalue weighted by Gasteiger charge is -2.63. The van der Waals surface area contributed by atoms with Gasteiger partial charge in [0.15, 0.2) is 6.10 Å². The molecular formula is C48H62N4O10. The summed E-state index contributed by atoms with van der Waals surface area (Å²) >= 11 is 0. The summed E-state index contributed by atoms with van der Waals surface area (Å²) in [5, 5.41) is 26.4. The molecule has 1 spiro atoms. The van der Waals surface area contributed by atoms with Crippen LogP contribution in [0.25, 0.3) is 10.9 Å². The van der Waals surface area contributed by atoms with E-state index < -0.39 is 75.6 Å². The normalized spacial score (nSPS) is 39.5. The molecule has 62 heavy (non-hydrogen) atoms. The van der Waals surface area contributed by atoms with E-state index in [9.17, 15) is 24.6 Å². The van der Waals surface area contributed by atoms with Gasteiger partial charge in [-0.2, -0.15) is 0 Å². The Bertz CT molecular complexity index is 2290. The van der Waals surface area contributed by atoms with Gasteiger partial charge in [-0.15, -0.1) is 0 Å². The van der Waals surface area contributed by atoms with Gasteiger partial charge in [0.2, 0.25) is 12.0 Å². The molecule has 3 N–H and O–H groups in total. The molecule has 14 nitrogen and oxygen atoms in total. The minimum absolute atomic E-state index is 0.125. The molecule has 5 aliphatic heterocycles. The van der Waals surface area contributed by atoms with Gasteiger partial charge < -0.3 is 39.0 Å². The molecule has 0 radical (unpaired) electrons. The summed E-state index contributed by atoms with van der Waals surface area (Å²) in [7, 11) is 4.20. The third kappa shape index (κ3) is 5.64. The summed E-state index contributed by atoms with van der Waals surface area (Å²) in [6, 6.07) is 4.71. The van der Waals surface area contributed by atoms with Crippen LogP contribution < -0.4 is 0 Å². The maximum Gasteiger partial charge on any atom is 0.344 e. The molecule has 3 saturated heterocycles. The molecule has 1 aromatic carbocycles. The predicted molar refractivity (Wildman–Crippen MR) is 228 cm³/mol. The van der Waals surface area contributed by atoms with E-state index in [0.717, 1.165) is 34.2 Å². The fourth-order valence-corrected chi connectivity index (χ4v) is 14.1. The first-order chi connectivity index (χ1) is 29.7. The fourth-order valence-electron chi connectivity index (χ4n) is 14.1. The lowest BCUT2D eigenvalue weighted by atomic mass is 9.47. The maximum absolute atomic E-state index is 15.5. The number of carbonyl (C=O) groups is 4. The van der Waals surface area contributed by atoms with Crippen LogP contribution in [0.4, 0.5) is 0 Å². The first kappa shape index (κ1) is 42.9. The second-order valence-electron chi connectivity index (χ2n) is 19.1. The summed E-state index contributed by atoms with van der Waals surface area (Å²) in [5.74, 6) is -2.99. The number of benzene rings is 1. The van der Waals surface area contributed by atoms with E-state index in [1.54, 1.807) is 7.11 Å². The van der Waals surface area contributed by atoms with Gasteiger partial charge in [0.25, 0.3) is 0 Å². The van der Waals surface area contributed by atoms with E-state index in [0.29, 0.717) is 83.4 Å². The number of carbonyl (C=O) groups excluding carboxylic acids is 4. The van der Waals surface area contributed by atoms with Gasteiger partial charge in [0, 0.05) is 85.3 Å². The minimum atomic E-state index is -2.52. The molecule has 2 bridgehead atoms. The molecule has 334 valence electrons. The van der Waals surface area contributed by atoms with Gasteiger partial charge in [-0.25, -0.2) is 4.79 Å². The Balaban J connectivity index is 1.35. The molecule has 2 aliphatic carbocycles. The summed E-state index contributed by atoms with van der Waals surface area (Å²) in [5.41, 5.74) is -2.03. The Morgan fingerprint density at radius 1 is 0.984 bits per heavy atom. The van der Waals surface area contributed by atoms with Crippen molar-refractivity contribution in [1.29, 1.82) is 0 Å². The van der Waals surface area contributed by atoms with Gasteiger partial charge in [-0.3, -0.25) is 24.2 Å². The van der Waals surface area contributed by atoms with Crippen LogP contribution in [0, 0.1) is 22.7 Å². The van der Waals surface area contributed by atoms with Gasteiger partial charge >= 0.3 is 17.9 Å². The topological polar surface area (TPSA) is 171 Å². The average Bonchev–Trinajstić information content (AvgIpc) is 3.95. The number of aromatic amines is 1. The number of aliphatic hydroxyl groups is 2. The van der Waals surface area contributed by atoms with E-state index in [-0.39, 0.29) is 5.92 Å². The number of aromatic nitrogens is 1. The highest BCUT2D eigenvalue weighted by Gasteiger charge is 2.82. The second kappa shape index (κ2) is 15.1. The molecule has 4 fully saturated rings. The van der Waals surface area contributed by atoms with Crippen LogP contribution in [-0.2, 0) is 56.4 Å². The monoisotopic (exact) mass is 854 g/mol. The van der Waals surface area contributed by atoms with Crippen LogP contribution in [0.3, 0.4) is 0 Å². The van der Waals surface area contributed by atoms with Crippen LogP contribution in [0.1, 0.15) is 76.6 Å². The highest BCUT2D eigenvalue weighted by Crippen LogP contribution is 2.70. The Morgan fingerprint density at radius 2 is 1.76 bits per heavy atom. The van der Waals surface area contributed by atoms with Crippen LogP contribution in [-0.4, -0.2) is 144 Å². The van der Waals surface area contributed by atoms with Crippen LogP contribution >= 0.6 is 0 Å². The first-order valence-corrected chi connectivity index (χ1v) is 22.5. The zero-order valence-corrected chi connectivity index (χ0v) is 37.1. The number of esters is 3. The van der Waals surface area contributed by atoms with Crippen molar-refractivity contribution in [2.75, 3.05) is 54.1 Å². The van der Waals surface area contributed by atoms with Crippen molar-refractivity contribution in [2.45, 2.75) is 114 Å². The lowest BCUT2D eigenvalue weighted by molar-refractivity contribution is -0.242. The number of allylic oxidation sites excluding steroid dienone is 1. The quantitative estimate of drug-likeness (QED) is 0.145. The van der Waals surface area contributed by atoms with Crippen molar-refractivity contribution in [2.24, 2.45) is 22.7 Å². The van der Waals surface area contributed by atoms with Crippen molar-refractivity contribution in [3.63, 3.8) is 0 Å². The number of hydrogen-bond acceptors (Lipinski definition) is 12. The van der Waals surface area contributed by atoms with E-state index in [1.165, 1.54) is 31.6 Å². The average molecular weight is 855 g/mol. The molecular weight excluding hydrogens is 793 g/mol. The van der Waals surface area contributed by atoms with Crippen LogP contribution in [0.5, 0.6) is 0 Å². The Hall–Kier alpha value is -4.34. The highest BCUT2D eigenvalue weighted by molar-refractivity contribution is 5.92. The summed E-state index contributed by atoms with van der Waals surface area (Å²) in [6.45, 7) is 10.4. The molecule has 2 aromatic rings. The van der Waals surface area contributed by atoms with Gasteiger partial charge in [-0.1, -0.05) is 45.1 Å². The predicted octanol–water partition coefficient (Wildman–Crippen LogP) is 3.72. The lowest BCUT2D eigenvalue weighted by Crippen LogP contribution is -2.80. The third-order valence-corrected chi connectivity index (χ3v) is 16.5. The van der Waals surface area contributed by atoms with E-state index >= 15 is 4.79 Å². The third-order valence-electron chi connectivity index (χ3n) is 16.5. The number of amides is 1. The Kier molecular flexibility index (Phi) is 10.5. The number of piperidine rings is 1. The standard InChI is InChI=1S/C48H62N4O10/c1-8-29-12-13-35-32(20-29)31-14-18-50-25-30(23-44(57,9-2)26-50)24-47(38(31)49-35,42(55)60-6)34-21-33-36(22-37(34)59-5)52(27-53)40-46(33)16-19-51-17-11-15-45(10-3,39(46)51)41(62-28(4)54)48(40,58)43(56)61-7/h11-13,15,20-22,27,30,34,37,39-41,49,57-58H,8-10,14,16-19,23-26H2,1-7H3/t30-,34?,37?,39+,40-,41-,44+,45-,46-,47+,48+/m1/s1. The number of fused-ring (bicyclic) bond motifs is 6. The Labute approximate surface area is 363 Å². The number of ether oxygens (including phenoxy) is 4. The molecule has 3 unspecified atom stereocenters. The van der Waals surface area contributed by atoms with Crippen molar-refractivity contribution >= 4 is 35.2 Å². The van der Waals surface area contributed by atoms with E-state index in [1.807, 2.05) is 32.1 Å². The molecule has 1 amide bonds. The Morgan fingerprint density at radius 3 is 2.42 bits per heavy atom. The SMILES string of the molecule is CCc1ccc2[nH]c3c(c2c1)CCN1C[C@H](C[C@@](O)(CC)C1)C[C@]3(C(=O)OC)C1C=C2C(=CC1OC)N(C=O)[C@H]1[C@@](O)(C(=O)OC)[C@H](OC(C)=O)[C@]3(CC)C=CCN4CC[C@]21[C@@H]43. The molecule has 12 atom stereocenters. The molecule has 1 saturated carbocycles. The zero-order chi connectivity index (χ0) is 44.1. The number of methoxy groups -OCH3 is 3. The second-order valence-corrected chi connectivity index (χ2v) is 19.1. The molecule has 14 heteroatoms. The smallest absolute Gasteiger partial charge is 0.344 e.